The monoisotopic (exact) mass is 318 g/mol. The molecular formula is C15H9F3N4O. The summed E-state index contributed by atoms with van der Waals surface area (Å²) >= 11 is 0. The van der Waals surface area contributed by atoms with Crippen molar-refractivity contribution in [3.63, 3.8) is 0 Å². The topological polar surface area (TPSA) is 74.6 Å². The first-order valence-electron chi connectivity index (χ1n) is 6.44. The molecule has 0 radical (unpaired) electrons. The summed E-state index contributed by atoms with van der Waals surface area (Å²) in [5.74, 6) is 0.0749. The Morgan fingerprint density at radius 3 is 2.65 bits per heavy atom. The predicted molar refractivity (Wildman–Crippen MR) is 75.6 cm³/mol. The molecule has 0 atom stereocenters. The number of methoxy groups -OCH3 is 1. The van der Waals surface area contributed by atoms with E-state index in [0.29, 0.717) is 10.9 Å². The van der Waals surface area contributed by atoms with E-state index in [1.54, 1.807) is 0 Å². The van der Waals surface area contributed by atoms with Crippen LogP contribution in [0, 0.1) is 11.3 Å². The molecule has 0 fully saturated rings. The van der Waals surface area contributed by atoms with Gasteiger partial charge in [0.05, 0.1) is 24.4 Å². The second-order valence-corrected chi connectivity index (χ2v) is 4.72. The number of ether oxygens (including phenoxy) is 1. The average molecular weight is 318 g/mol. The Labute approximate surface area is 128 Å². The lowest BCUT2D eigenvalue weighted by Crippen LogP contribution is -2.05. The van der Waals surface area contributed by atoms with Crippen molar-refractivity contribution in [3.05, 3.63) is 41.7 Å². The Morgan fingerprint density at radius 2 is 2.00 bits per heavy atom. The predicted octanol–water partition coefficient (Wildman–Crippen LogP) is 3.52. The Bertz CT molecular complexity index is 925. The minimum atomic E-state index is -4.50. The van der Waals surface area contributed by atoms with Gasteiger partial charge in [0.15, 0.2) is 0 Å². The highest BCUT2D eigenvalue weighted by atomic mass is 19.4. The summed E-state index contributed by atoms with van der Waals surface area (Å²) in [5.41, 5.74) is 0.180. The van der Waals surface area contributed by atoms with Crippen LogP contribution in [0.1, 0.15) is 11.3 Å². The van der Waals surface area contributed by atoms with E-state index in [1.807, 2.05) is 6.07 Å². The minimum Gasteiger partial charge on any atom is -0.481 e. The van der Waals surface area contributed by atoms with Crippen molar-refractivity contribution in [2.75, 3.05) is 7.11 Å². The van der Waals surface area contributed by atoms with Gasteiger partial charge in [0.25, 0.3) is 0 Å². The number of rotatable bonds is 2. The van der Waals surface area contributed by atoms with Crippen molar-refractivity contribution in [2.45, 2.75) is 6.18 Å². The van der Waals surface area contributed by atoms with Crippen LogP contribution in [0.3, 0.4) is 0 Å². The fourth-order valence-corrected chi connectivity index (χ4v) is 2.30. The molecule has 2 aromatic heterocycles. The molecule has 3 aromatic rings. The number of nitrogens with zero attached hydrogens (tertiary/aromatic N) is 3. The lowest BCUT2D eigenvalue weighted by molar-refractivity contribution is -0.137. The highest BCUT2D eigenvalue weighted by molar-refractivity contribution is 5.96. The molecule has 5 nitrogen and oxygen atoms in total. The first-order valence-corrected chi connectivity index (χ1v) is 6.44. The number of hydrogen-bond acceptors (Lipinski definition) is 4. The van der Waals surface area contributed by atoms with Gasteiger partial charge in [-0.3, -0.25) is 5.10 Å². The van der Waals surface area contributed by atoms with Gasteiger partial charge in [0.1, 0.15) is 11.8 Å². The van der Waals surface area contributed by atoms with Crippen LogP contribution >= 0.6 is 0 Å². The fraction of sp³-hybridized carbons (Fsp3) is 0.133. The van der Waals surface area contributed by atoms with Crippen molar-refractivity contribution in [2.24, 2.45) is 0 Å². The molecule has 8 heteroatoms. The Hall–Kier alpha value is -3.08. The fourth-order valence-electron chi connectivity index (χ4n) is 2.30. The van der Waals surface area contributed by atoms with Gasteiger partial charge in [-0.25, -0.2) is 4.98 Å². The number of pyridine rings is 1. The molecule has 0 saturated heterocycles. The first-order chi connectivity index (χ1) is 10.9. The summed E-state index contributed by atoms with van der Waals surface area (Å²) in [6, 6.07) is 6.80. The first kappa shape index (κ1) is 14.8. The van der Waals surface area contributed by atoms with Crippen LogP contribution in [0.15, 0.2) is 30.5 Å². The molecule has 0 spiro atoms. The molecule has 1 N–H and O–H groups in total. The summed E-state index contributed by atoms with van der Waals surface area (Å²) < 4.78 is 44.4. The number of hydrogen-bond donors (Lipinski definition) is 1. The molecule has 116 valence electrons. The molecular weight excluding hydrogens is 309 g/mol. The quantitative estimate of drug-likeness (QED) is 0.784. The van der Waals surface area contributed by atoms with Gasteiger partial charge in [0.2, 0.25) is 5.88 Å². The summed E-state index contributed by atoms with van der Waals surface area (Å²) in [5, 5.41) is 15.7. The number of aromatic nitrogens is 3. The van der Waals surface area contributed by atoms with E-state index in [2.05, 4.69) is 15.2 Å². The van der Waals surface area contributed by atoms with Crippen molar-refractivity contribution < 1.29 is 17.9 Å². The van der Waals surface area contributed by atoms with Crippen molar-refractivity contribution in [1.82, 2.24) is 15.2 Å². The Kier molecular flexibility index (Phi) is 3.41. The summed E-state index contributed by atoms with van der Waals surface area (Å²) in [7, 11) is 1.34. The van der Waals surface area contributed by atoms with E-state index in [-0.39, 0.29) is 22.7 Å². The highest BCUT2D eigenvalue weighted by Crippen LogP contribution is 2.39. The third-order valence-corrected chi connectivity index (χ3v) is 3.34. The number of aromatic amines is 1. The number of H-pyrrole nitrogens is 1. The molecule has 0 saturated carbocycles. The van der Waals surface area contributed by atoms with Crippen molar-refractivity contribution >= 4 is 10.9 Å². The highest BCUT2D eigenvalue weighted by Gasteiger charge is 2.32. The number of alkyl halides is 3. The van der Waals surface area contributed by atoms with Crippen LogP contribution < -0.4 is 4.74 Å². The summed E-state index contributed by atoms with van der Waals surface area (Å²) in [6.45, 7) is 0. The molecule has 0 aliphatic carbocycles. The van der Waals surface area contributed by atoms with Gasteiger partial charge >= 0.3 is 6.18 Å². The number of fused-ring (bicyclic) bond motifs is 1. The van der Waals surface area contributed by atoms with Gasteiger partial charge in [-0.1, -0.05) is 0 Å². The molecule has 3 rings (SSSR count). The lowest BCUT2D eigenvalue weighted by atomic mass is 9.99. The molecule has 23 heavy (non-hydrogen) atoms. The van der Waals surface area contributed by atoms with E-state index in [0.717, 1.165) is 12.1 Å². The molecule has 0 aliphatic heterocycles. The zero-order valence-corrected chi connectivity index (χ0v) is 11.8. The lowest BCUT2D eigenvalue weighted by Gasteiger charge is -2.12. The van der Waals surface area contributed by atoms with Crippen LogP contribution in [0.4, 0.5) is 13.2 Å². The molecule has 0 unspecified atom stereocenters. The van der Waals surface area contributed by atoms with Crippen molar-refractivity contribution in [3.8, 4) is 23.1 Å². The smallest absolute Gasteiger partial charge is 0.416 e. The van der Waals surface area contributed by atoms with Crippen LogP contribution in [-0.2, 0) is 6.18 Å². The second kappa shape index (κ2) is 5.28. The van der Waals surface area contributed by atoms with Crippen LogP contribution in [0.5, 0.6) is 5.88 Å². The van der Waals surface area contributed by atoms with Gasteiger partial charge < -0.3 is 4.74 Å². The molecule has 2 heterocycles. The van der Waals surface area contributed by atoms with Gasteiger partial charge in [-0.05, 0) is 29.8 Å². The Morgan fingerprint density at radius 1 is 1.22 bits per heavy atom. The van der Waals surface area contributed by atoms with Crippen LogP contribution in [-0.4, -0.2) is 22.3 Å². The number of halogens is 3. The zero-order chi connectivity index (χ0) is 16.6. The van der Waals surface area contributed by atoms with E-state index in [4.69, 9.17) is 10.00 Å². The zero-order valence-electron chi connectivity index (χ0n) is 11.8. The maximum Gasteiger partial charge on any atom is 0.416 e. The van der Waals surface area contributed by atoms with E-state index in [1.165, 1.54) is 25.4 Å². The third-order valence-electron chi connectivity index (χ3n) is 3.34. The van der Waals surface area contributed by atoms with Gasteiger partial charge in [-0.2, -0.15) is 23.5 Å². The van der Waals surface area contributed by atoms with Crippen LogP contribution in [0.25, 0.3) is 22.0 Å². The maximum atomic E-state index is 13.1. The van der Waals surface area contributed by atoms with Crippen LogP contribution in [0.2, 0.25) is 0 Å². The van der Waals surface area contributed by atoms with Gasteiger partial charge in [-0.15, -0.1) is 0 Å². The van der Waals surface area contributed by atoms with E-state index >= 15 is 0 Å². The van der Waals surface area contributed by atoms with E-state index < -0.39 is 11.7 Å². The normalized spacial score (nSPS) is 11.4. The summed E-state index contributed by atoms with van der Waals surface area (Å²) in [4.78, 5) is 3.97. The minimum absolute atomic E-state index is 0.0749. The number of nitriles is 1. The van der Waals surface area contributed by atoms with Crippen molar-refractivity contribution in [1.29, 1.82) is 5.26 Å². The number of benzene rings is 1. The standard InChI is InChI=1S/C15H9F3N4O/c1-23-14-10(3-2-9(6-19)21-14)11-4-8(15(16,17)18)5-13-12(11)7-20-22-13/h2-5,7H,1H3,(H,20,22). The SMILES string of the molecule is COc1nc(C#N)ccc1-c1cc(C(F)(F)F)cc2[nH]ncc12. The van der Waals surface area contributed by atoms with Gasteiger partial charge in [0, 0.05) is 10.9 Å². The maximum absolute atomic E-state index is 13.1. The molecule has 0 aliphatic rings. The third kappa shape index (κ3) is 2.57. The summed E-state index contributed by atoms with van der Waals surface area (Å²) in [6.07, 6.45) is -3.07. The molecule has 0 amide bonds. The van der Waals surface area contributed by atoms with E-state index in [9.17, 15) is 13.2 Å². The average Bonchev–Trinajstić information content (AvgIpc) is 3.01. The number of nitrogens with one attached hydrogen (secondary N) is 1. The Balaban J connectivity index is 2.31. The second-order valence-electron chi connectivity index (χ2n) is 4.72. The largest absolute Gasteiger partial charge is 0.481 e. The molecule has 1 aromatic carbocycles. The molecule has 0 bridgehead atoms.